The summed E-state index contributed by atoms with van der Waals surface area (Å²) in [7, 11) is 1.87. The van der Waals surface area contributed by atoms with Crippen LogP contribution in [0.25, 0.3) is 11.3 Å². The normalized spacial score (nSPS) is 22.0. The first-order valence-corrected chi connectivity index (χ1v) is 16.0. The van der Waals surface area contributed by atoms with Crippen LogP contribution in [-0.4, -0.2) is 84.1 Å². The summed E-state index contributed by atoms with van der Waals surface area (Å²) < 4.78 is 13.5. The molecule has 5 heterocycles. The summed E-state index contributed by atoms with van der Waals surface area (Å²) in [6.45, 7) is 8.95. The molecule has 3 aromatic rings. The standard InChI is InChI=1S/C33H42N8O3/c1-22-17-25-18-28(36-22)27-20-35-39(2)32(27)44-14-3-5-24(23-6-7-23)21-41-30-9-8-26(19-29(30)37-33(41)38-31(25)42)34-10-4-11-40-12-15-43-16-13-40/h8-9,17-20,23-24,34H,3-7,10-16,21H2,1-2H3,(H,37,38,42)/t24-/m1/s1. The molecule has 44 heavy (non-hydrogen) atoms. The number of hydrogen-bond acceptors (Lipinski definition) is 9. The SMILES string of the molecule is Cc1cc2cc(n1)-c1cnn(C)c1OCCC[C@@H](C1CC1)CN1/C(=N/C2=O)Nc2cc(NCCCN3CCOCC3)ccc21. The number of carbonyl (C=O) groups excluding carboxylic acids is 1. The number of carbonyl (C=O) groups is 1. The Morgan fingerprint density at radius 1 is 1.07 bits per heavy atom. The number of aryl methyl sites for hydroxylation is 2. The number of nitrogens with zero attached hydrogens (tertiary/aromatic N) is 6. The first-order chi connectivity index (χ1) is 21.5. The highest BCUT2D eigenvalue weighted by Gasteiger charge is 2.36. The molecule has 1 saturated heterocycles. The highest BCUT2D eigenvalue weighted by molar-refractivity contribution is 6.19. The zero-order chi connectivity index (χ0) is 30.0. The number of pyridine rings is 1. The lowest BCUT2D eigenvalue weighted by Gasteiger charge is -2.26. The Kier molecular flexibility index (Phi) is 8.22. The second-order valence-corrected chi connectivity index (χ2v) is 12.4. The summed E-state index contributed by atoms with van der Waals surface area (Å²) >= 11 is 0. The van der Waals surface area contributed by atoms with Gasteiger partial charge in [0.05, 0.1) is 48.6 Å². The van der Waals surface area contributed by atoms with E-state index in [1.807, 2.05) is 14.0 Å². The molecule has 0 spiro atoms. The molecule has 1 aliphatic carbocycles. The number of benzene rings is 1. The van der Waals surface area contributed by atoms with E-state index < -0.39 is 0 Å². The van der Waals surface area contributed by atoms with Gasteiger partial charge in [-0.15, -0.1) is 0 Å². The summed E-state index contributed by atoms with van der Waals surface area (Å²) in [5.41, 5.74) is 5.76. The van der Waals surface area contributed by atoms with Crippen molar-refractivity contribution in [1.29, 1.82) is 0 Å². The monoisotopic (exact) mass is 598 g/mol. The molecule has 232 valence electrons. The van der Waals surface area contributed by atoms with Crippen LogP contribution in [-0.2, 0) is 11.8 Å². The third-order valence-corrected chi connectivity index (χ3v) is 9.11. The molecule has 0 radical (unpaired) electrons. The molecule has 2 bridgehead atoms. The number of aromatic nitrogens is 3. The van der Waals surface area contributed by atoms with Gasteiger partial charge in [0.15, 0.2) is 0 Å². The second-order valence-electron chi connectivity index (χ2n) is 12.4. The molecule has 1 amide bonds. The van der Waals surface area contributed by atoms with E-state index in [-0.39, 0.29) is 5.91 Å². The maximum absolute atomic E-state index is 13.7. The maximum atomic E-state index is 13.7. The maximum Gasteiger partial charge on any atom is 0.280 e. The number of fused-ring (bicyclic) bond motifs is 7. The van der Waals surface area contributed by atoms with Crippen LogP contribution in [0.5, 0.6) is 5.88 Å². The first kappa shape index (κ1) is 28.8. The van der Waals surface area contributed by atoms with Crippen LogP contribution in [0.4, 0.5) is 17.1 Å². The van der Waals surface area contributed by atoms with Crippen molar-refractivity contribution < 1.29 is 14.3 Å². The van der Waals surface area contributed by atoms with Gasteiger partial charge in [0.2, 0.25) is 11.8 Å². The van der Waals surface area contributed by atoms with Crippen molar-refractivity contribution in [3.63, 3.8) is 0 Å². The minimum Gasteiger partial charge on any atom is -0.477 e. The smallest absolute Gasteiger partial charge is 0.280 e. The zero-order valence-electron chi connectivity index (χ0n) is 25.7. The number of aliphatic imine (C=N–C) groups is 1. The average Bonchev–Trinajstić information content (AvgIpc) is 3.73. The summed E-state index contributed by atoms with van der Waals surface area (Å²) in [6.07, 6.45) is 7.30. The number of ether oxygens (including phenoxy) is 2. The van der Waals surface area contributed by atoms with E-state index in [0.717, 1.165) is 93.5 Å². The number of rotatable bonds is 6. The lowest BCUT2D eigenvalue weighted by Crippen LogP contribution is -2.37. The molecule has 11 nitrogen and oxygen atoms in total. The van der Waals surface area contributed by atoms with E-state index in [9.17, 15) is 4.79 Å². The van der Waals surface area contributed by atoms with Gasteiger partial charge in [-0.05, 0) is 87.7 Å². The summed E-state index contributed by atoms with van der Waals surface area (Å²) in [6, 6.07) is 10.0. The molecule has 2 aromatic heterocycles. The van der Waals surface area contributed by atoms with Gasteiger partial charge in [-0.1, -0.05) is 0 Å². The van der Waals surface area contributed by atoms with E-state index in [1.165, 1.54) is 12.8 Å². The van der Waals surface area contributed by atoms with Crippen LogP contribution in [0.3, 0.4) is 0 Å². The second kappa shape index (κ2) is 12.6. The number of amides is 1. The van der Waals surface area contributed by atoms with Gasteiger partial charge in [0.1, 0.15) is 0 Å². The van der Waals surface area contributed by atoms with Crippen molar-refractivity contribution >= 4 is 28.9 Å². The van der Waals surface area contributed by atoms with Crippen molar-refractivity contribution in [1.82, 2.24) is 19.7 Å². The Morgan fingerprint density at radius 2 is 1.93 bits per heavy atom. The van der Waals surface area contributed by atoms with Gasteiger partial charge in [-0.2, -0.15) is 10.1 Å². The molecule has 2 N–H and O–H groups in total. The Morgan fingerprint density at radius 3 is 2.77 bits per heavy atom. The molecule has 4 aliphatic rings. The first-order valence-electron chi connectivity index (χ1n) is 16.0. The Bertz CT molecular complexity index is 1540. The third kappa shape index (κ3) is 6.30. The van der Waals surface area contributed by atoms with Crippen LogP contribution in [0, 0.1) is 18.8 Å². The van der Waals surface area contributed by atoms with Crippen LogP contribution in [0.1, 0.15) is 48.2 Å². The van der Waals surface area contributed by atoms with E-state index in [1.54, 1.807) is 23.0 Å². The summed E-state index contributed by atoms with van der Waals surface area (Å²) in [4.78, 5) is 27.8. The van der Waals surface area contributed by atoms with E-state index in [4.69, 9.17) is 14.5 Å². The highest BCUT2D eigenvalue weighted by atomic mass is 16.5. The molecule has 1 saturated carbocycles. The van der Waals surface area contributed by atoms with Gasteiger partial charge in [-0.25, -0.2) is 4.68 Å². The number of morpholine rings is 1. The number of guanidine groups is 1. The molecule has 7 rings (SSSR count). The van der Waals surface area contributed by atoms with Crippen LogP contribution < -0.4 is 20.3 Å². The van der Waals surface area contributed by atoms with Gasteiger partial charge in [0.25, 0.3) is 5.91 Å². The fraction of sp³-hybridized carbons (Fsp3) is 0.515. The number of anilines is 3. The van der Waals surface area contributed by atoms with Crippen LogP contribution >= 0.6 is 0 Å². The minimum absolute atomic E-state index is 0.303. The molecular weight excluding hydrogens is 556 g/mol. The Labute approximate surface area is 258 Å². The van der Waals surface area contributed by atoms with E-state index in [0.29, 0.717) is 41.5 Å². The molecule has 1 aromatic carbocycles. The fourth-order valence-corrected chi connectivity index (χ4v) is 6.57. The quantitative estimate of drug-likeness (QED) is 0.395. The lowest BCUT2D eigenvalue weighted by atomic mass is 9.97. The van der Waals surface area contributed by atoms with Gasteiger partial charge < -0.3 is 25.0 Å². The predicted octanol–water partition coefficient (Wildman–Crippen LogP) is 4.55. The molecule has 2 fully saturated rings. The van der Waals surface area contributed by atoms with Gasteiger partial charge >= 0.3 is 0 Å². The molecular formula is C33H42N8O3. The lowest BCUT2D eigenvalue weighted by molar-refractivity contribution is 0.0378. The molecule has 11 heteroatoms. The Balaban J connectivity index is 1.15. The summed E-state index contributed by atoms with van der Waals surface area (Å²) in [5, 5.41) is 11.5. The van der Waals surface area contributed by atoms with Crippen LogP contribution in [0.2, 0.25) is 0 Å². The average molecular weight is 599 g/mol. The largest absolute Gasteiger partial charge is 0.477 e. The van der Waals surface area contributed by atoms with Crippen LogP contribution in [0.15, 0.2) is 41.5 Å². The van der Waals surface area contributed by atoms with Crippen molar-refractivity contribution in [2.24, 2.45) is 23.9 Å². The number of nitrogens with one attached hydrogen (secondary N) is 2. The third-order valence-electron chi connectivity index (χ3n) is 9.11. The Hall–Kier alpha value is -3.96. The fourth-order valence-electron chi connectivity index (χ4n) is 6.57. The molecule has 0 unspecified atom stereocenters. The summed E-state index contributed by atoms with van der Waals surface area (Å²) in [5.74, 6) is 2.12. The van der Waals surface area contributed by atoms with Gasteiger partial charge in [-0.3, -0.25) is 14.7 Å². The molecule has 1 atom stereocenters. The molecule has 3 aliphatic heterocycles. The number of hydrogen-bond donors (Lipinski definition) is 2. The van der Waals surface area contributed by atoms with Crippen molar-refractivity contribution in [3.05, 3.63) is 47.8 Å². The van der Waals surface area contributed by atoms with Crippen molar-refractivity contribution in [3.8, 4) is 17.1 Å². The van der Waals surface area contributed by atoms with E-state index >= 15 is 0 Å². The van der Waals surface area contributed by atoms with Crippen molar-refractivity contribution in [2.45, 2.75) is 39.0 Å². The zero-order valence-corrected chi connectivity index (χ0v) is 25.7. The van der Waals surface area contributed by atoms with E-state index in [2.05, 4.69) is 48.7 Å². The van der Waals surface area contributed by atoms with Gasteiger partial charge in [0, 0.05) is 50.2 Å². The highest BCUT2D eigenvalue weighted by Crippen LogP contribution is 2.43. The predicted molar refractivity (Wildman–Crippen MR) is 172 cm³/mol. The minimum atomic E-state index is -0.303. The van der Waals surface area contributed by atoms with Crippen molar-refractivity contribution in [2.75, 3.05) is 68.1 Å². The topological polar surface area (TPSA) is 109 Å².